The van der Waals surface area contributed by atoms with Crippen LogP contribution in [-0.2, 0) is 43.2 Å². The molecule has 1 aromatic carbocycles. The molecule has 2 aliphatic heterocycles. The first kappa shape index (κ1) is 46.6. The number of cyclic esters (lactones) is 1. The van der Waals surface area contributed by atoms with Crippen LogP contribution in [0.3, 0.4) is 0 Å². The highest BCUT2D eigenvalue weighted by atomic mass is 32.1. The Kier molecular flexibility index (Phi) is 16.1. The van der Waals surface area contributed by atoms with Gasteiger partial charge in [0.25, 0.3) is 5.91 Å². The molecule has 2 fully saturated rings. The Morgan fingerprint density at radius 2 is 1.89 bits per heavy atom. The maximum absolute atomic E-state index is 14.2. The average molecular weight is 859 g/mol. The predicted molar refractivity (Wildman–Crippen MR) is 238 cm³/mol. The highest BCUT2D eigenvalue weighted by Gasteiger charge is 2.37. The lowest BCUT2D eigenvalue weighted by molar-refractivity contribution is -0.155. The molecular formula is C41H58N6O6S4. The molecular weight excluding hydrogens is 801 g/mol. The van der Waals surface area contributed by atoms with Crippen molar-refractivity contribution in [1.82, 2.24) is 30.3 Å². The Morgan fingerprint density at radius 1 is 1.14 bits per heavy atom. The zero-order chi connectivity index (χ0) is 38.1. The molecule has 3 N–H and O–H groups in total. The number of carbonyl (C=O) groups excluding carboxylic acids is 3. The van der Waals surface area contributed by atoms with Gasteiger partial charge in [-0.3, -0.25) is 24.4 Å². The van der Waals surface area contributed by atoms with Crippen molar-refractivity contribution in [3.63, 3.8) is 0 Å². The van der Waals surface area contributed by atoms with Crippen LogP contribution in [0.4, 0.5) is 0 Å². The molecule has 4 aromatic rings. The number of aliphatic hydroxyl groups excluding tert-OH is 1. The van der Waals surface area contributed by atoms with Gasteiger partial charge in [-0.05, 0) is 88.6 Å². The molecule has 3 aliphatic rings. The smallest absolute Gasteiger partial charge is 0.324 e. The van der Waals surface area contributed by atoms with Crippen molar-refractivity contribution in [1.29, 1.82) is 0 Å². The number of esters is 1. The molecule has 5 heterocycles. The number of pyridine rings is 1. The number of aromatic nitrogens is 3. The van der Waals surface area contributed by atoms with E-state index in [1.807, 2.05) is 18.4 Å². The van der Waals surface area contributed by atoms with Crippen molar-refractivity contribution in [2.45, 2.75) is 110 Å². The van der Waals surface area contributed by atoms with Crippen molar-refractivity contribution in [2.24, 2.45) is 11.3 Å². The zero-order valence-electron chi connectivity index (χ0n) is 33.4. The number of fused-ring (bicyclic) bond motifs is 6. The number of carbonyl (C=O) groups is 3. The minimum Gasteiger partial charge on any atom is -0.464 e. The van der Waals surface area contributed by atoms with E-state index in [1.54, 1.807) is 13.3 Å². The Bertz CT molecular complexity index is 2030. The second kappa shape index (κ2) is 19.8. The molecule has 1 saturated carbocycles. The molecule has 0 radical (unpaired) electrons. The molecule has 0 spiro atoms. The summed E-state index contributed by atoms with van der Waals surface area (Å²) < 4.78 is 14.2. The minimum atomic E-state index is -0.887. The van der Waals surface area contributed by atoms with Crippen molar-refractivity contribution in [3.05, 3.63) is 58.2 Å². The molecule has 3 atom stereocenters. The molecule has 12 nitrogen and oxygen atoms in total. The third-order valence-electron chi connectivity index (χ3n) is 11.2. The summed E-state index contributed by atoms with van der Waals surface area (Å²) in [6, 6.07) is 8.92. The molecule has 16 heteroatoms. The number of hydrazine groups is 1. The number of methoxy groups -OCH3 is 1. The van der Waals surface area contributed by atoms with Gasteiger partial charge in [0.05, 0.1) is 40.9 Å². The van der Waals surface area contributed by atoms with E-state index in [0.29, 0.717) is 51.5 Å². The van der Waals surface area contributed by atoms with Crippen LogP contribution in [0.1, 0.15) is 88.6 Å². The predicted octanol–water partition coefficient (Wildman–Crippen LogP) is 6.09. The van der Waals surface area contributed by atoms with Gasteiger partial charge in [-0.1, -0.05) is 19.9 Å². The Balaban J connectivity index is 0.00000240. The molecule has 3 aromatic heterocycles. The second-order valence-corrected chi connectivity index (χ2v) is 16.7. The fourth-order valence-electron chi connectivity index (χ4n) is 8.19. The van der Waals surface area contributed by atoms with Gasteiger partial charge in [0.2, 0.25) is 5.91 Å². The average Bonchev–Trinajstić information content (AvgIpc) is 3.77. The number of ether oxygens (including phenoxy) is 2. The lowest BCUT2D eigenvalue weighted by Gasteiger charge is -2.36. The lowest BCUT2D eigenvalue weighted by Crippen LogP contribution is -2.60. The summed E-state index contributed by atoms with van der Waals surface area (Å²) in [5.41, 5.74) is 9.57. The lowest BCUT2D eigenvalue weighted by atomic mass is 9.84. The van der Waals surface area contributed by atoms with Crippen LogP contribution in [0.2, 0.25) is 0 Å². The van der Waals surface area contributed by atoms with Gasteiger partial charge in [-0.2, -0.15) is 40.5 Å². The third-order valence-corrected chi connectivity index (χ3v) is 12.1. The van der Waals surface area contributed by atoms with E-state index in [9.17, 15) is 19.5 Å². The third kappa shape index (κ3) is 10.0. The number of aryl methyl sites for hydroxylation is 1. The van der Waals surface area contributed by atoms with Gasteiger partial charge in [-0.15, -0.1) is 11.3 Å². The number of aliphatic hydroxyl groups is 1. The van der Waals surface area contributed by atoms with Crippen molar-refractivity contribution in [2.75, 3.05) is 20.3 Å². The molecule has 312 valence electrons. The number of hydrogen-bond donors (Lipinski definition) is 3. The normalized spacial score (nSPS) is 22.9. The minimum absolute atomic E-state index is 0. The van der Waals surface area contributed by atoms with Crippen LogP contribution in [0.15, 0.2) is 41.9 Å². The van der Waals surface area contributed by atoms with Crippen molar-refractivity contribution in [3.8, 4) is 22.5 Å². The fourth-order valence-corrected chi connectivity index (χ4v) is 9.04. The molecule has 7 rings (SSSR count). The molecule has 0 unspecified atom stereocenters. The quantitative estimate of drug-likeness (QED) is 0.196. The van der Waals surface area contributed by atoms with E-state index in [4.69, 9.17) is 19.4 Å². The van der Waals surface area contributed by atoms with E-state index >= 15 is 0 Å². The Morgan fingerprint density at radius 3 is 2.61 bits per heavy atom. The first-order valence-electron chi connectivity index (χ1n) is 19.3. The number of rotatable bonds is 6. The second-order valence-electron chi connectivity index (χ2n) is 15.8. The van der Waals surface area contributed by atoms with Gasteiger partial charge in [-0.25, -0.2) is 10.4 Å². The van der Waals surface area contributed by atoms with E-state index in [1.165, 1.54) is 16.3 Å². The van der Waals surface area contributed by atoms with Gasteiger partial charge >= 0.3 is 5.97 Å². The SMILES string of the molecule is CCn1c(-c2cccnc2[C@H](C)OC)c2c3cc(ccc31)-c1csc(n1)C[C@H](NC(=O)C1CCC(O)CC1)C(=O)N1CCC[C@H](N1)C(=O)OCC(C)(C)C2.S.S.S. The monoisotopic (exact) mass is 858 g/mol. The highest BCUT2D eigenvalue weighted by molar-refractivity contribution is 7.59. The number of hydrogen-bond acceptors (Lipinski definition) is 10. The maximum Gasteiger partial charge on any atom is 0.324 e. The standard InChI is InChI=1S/C41H52N6O6S.3H2S/c1-6-46-34-16-13-26-19-29(34)30(37(46)28-9-7-17-42-36(28)24(2)52-5)21-41(3,4)23-53-40(51)31-10-8-18-47(45-31)39(50)32(20-35-43-33(26)22-54-35)44-38(49)25-11-14-27(48)15-12-25;;;/h7,9,13,16-17,19,22,24-25,27,31-32,45,48H,6,8,10-12,14-15,18,20-21,23H2,1-5H3,(H,44,49);3*1H2/t24-,25?,27?,31-,32-;;;/m0.../s1. The Hall–Kier alpha value is -3.12. The topological polar surface area (TPSA) is 148 Å². The van der Waals surface area contributed by atoms with E-state index in [-0.39, 0.29) is 77.4 Å². The van der Waals surface area contributed by atoms with Gasteiger partial charge in [0.1, 0.15) is 12.1 Å². The van der Waals surface area contributed by atoms with Gasteiger partial charge in [0, 0.05) is 71.6 Å². The van der Waals surface area contributed by atoms with E-state index < -0.39 is 29.6 Å². The molecule has 1 aliphatic carbocycles. The molecule has 2 amide bonds. The zero-order valence-corrected chi connectivity index (χ0v) is 37.2. The summed E-state index contributed by atoms with van der Waals surface area (Å²) in [7, 11) is 1.69. The number of thiazole rings is 1. The van der Waals surface area contributed by atoms with Crippen LogP contribution >= 0.6 is 51.8 Å². The Labute approximate surface area is 360 Å². The maximum atomic E-state index is 14.2. The largest absolute Gasteiger partial charge is 0.464 e. The number of benzene rings is 1. The summed E-state index contributed by atoms with van der Waals surface area (Å²) in [6.45, 7) is 9.67. The molecule has 1 saturated heterocycles. The van der Waals surface area contributed by atoms with Crippen LogP contribution in [0, 0.1) is 11.3 Å². The van der Waals surface area contributed by atoms with Crippen LogP contribution in [-0.4, -0.2) is 80.9 Å². The summed E-state index contributed by atoms with van der Waals surface area (Å²) in [5.74, 6) is -1.19. The first-order chi connectivity index (χ1) is 26.0. The van der Waals surface area contributed by atoms with Crippen LogP contribution < -0.4 is 10.7 Å². The highest BCUT2D eigenvalue weighted by Crippen LogP contribution is 2.42. The number of amides is 2. The fraction of sp³-hybridized carbons (Fsp3) is 0.537. The molecule has 57 heavy (non-hydrogen) atoms. The van der Waals surface area contributed by atoms with Gasteiger partial charge in [0.15, 0.2) is 0 Å². The van der Waals surface area contributed by atoms with Crippen molar-refractivity contribution >= 4 is 80.5 Å². The number of nitrogens with one attached hydrogen (secondary N) is 2. The van der Waals surface area contributed by atoms with Crippen LogP contribution in [0.25, 0.3) is 33.4 Å². The number of nitrogens with zero attached hydrogens (tertiary/aromatic N) is 4. The van der Waals surface area contributed by atoms with E-state index in [2.05, 4.69) is 60.3 Å². The summed E-state index contributed by atoms with van der Waals surface area (Å²) >= 11 is 1.46. The summed E-state index contributed by atoms with van der Waals surface area (Å²) in [6.07, 6.45) is 5.40. The van der Waals surface area contributed by atoms with E-state index in [0.717, 1.165) is 56.2 Å². The van der Waals surface area contributed by atoms with Crippen LogP contribution in [0.5, 0.6) is 0 Å². The summed E-state index contributed by atoms with van der Waals surface area (Å²) in [4.78, 5) is 51.2. The van der Waals surface area contributed by atoms with Crippen molar-refractivity contribution < 1.29 is 29.0 Å². The summed E-state index contributed by atoms with van der Waals surface area (Å²) in [5, 5.41) is 18.4. The molecule has 6 bridgehead atoms. The van der Waals surface area contributed by atoms with Gasteiger partial charge < -0.3 is 24.5 Å². The first-order valence-corrected chi connectivity index (χ1v) is 20.1.